The number of nitrogens with one attached hydrogen (secondary N) is 1. The average Bonchev–Trinajstić information content (AvgIpc) is 2.78. The van der Waals surface area contributed by atoms with Crippen LogP contribution < -0.4 is 4.72 Å². The third kappa shape index (κ3) is 11.0. The van der Waals surface area contributed by atoms with E-state index < -0.39 is 10.0 Å². The Hall–Kier alpha value is -0.950. The van der Waals surface area contributed by atoms with Gasteiger partial charge in [0.25, 0.3) is 0 Å². The molecule has 0 amide bonds. The fourth-order valence-corrected chi connectivity index (χ4v) is 5.38. The lowest BCUT2D eigenvalue weighted by Crippen LogP contribution is -2.32. The molecule has 2 rings (SSSR count). The minimum atomic E-state index is -3.39. The number of unbranched alkanes of at least 4 members (excludes halogenated alkanes) is 5. The first-order valence-electron chi connectivity index (χ1n) is 12.4. The second-order valence-electron chi connectivity index (χ2n) is 9.10. The van der Waals surface area contributed by atoms with E-state index in [1.54, 1.807) is 24.3 Å². The molecule has 1 aliphatic rings. The molecule has 1 aliphatic carbocycles. The molecule has 0 aliphatic heterocycles. The van der Waals surface area contributed by atoms with Gasteiger partial charge < -0.3 is 9.64 Å². The molecule has 0 aromatic heterocycles. The van der Waals surface area contributed by atoms with E-state index in [0.29, 0.717) is 23.5 Å². The molecule has 1 N–H and O–H groups in total. The number of hydrogen-bond acceptors (Lipinski definition) is 4. The minimum Gasteiger partial charge on any atom is -0.378 e. The molecule has 1 fully saturated rings. The summed E-state index contributed by atoms with van der Waals surface area (Å²) < 4.78 is 33.6. The van der Waals surface area contributed by atoms with Gasteiger partial charge >= 0.3 is 0 Å². The van der Waals surface area contributed by atoms with Gasteiger partial charge in [0, 0.05) is 13.2 Å². The molecule has 0 unspecified atom stereocenters. The molecule has 0 radical (unpaired) electrons. The van der Waals surface area contributed by atoms with E-state index in [0.717, 1.165) is 38.7 Å². The third-order valence-electron chi connectivity index (χ3n) is 6.34. The monoisotopic (exact) mass is 452 g/mol. The first kappa shape index (κ1) is 26.3. The fraction of sp³-hybridized carbons (Fsp3) is 0.760. The number of nitrogens with zero attached hydrogens (tertiary/aromatic N) is 1. The highest BCUT2D eigenvalue weighted by Crippen LogP contribution is 2.26. The molecule has 1 aromatic rings. The molecule has 1 aromatic carbocycles. The summed E-state index contributed by atoms with van der Waals surface area (Å²) >= 11 is 0. The zero-order chi connectivity index (χ0) is 22.4. The van der Waals surface area contributed by atoms with Crippen molar-refractivity contribution >= 4 is 10.0 Å². The van der Waals surface area contributed by atoms with Crippen LogP contribution in [0.2, 0.25) is 0 Å². The largest absolute Gasteiger partial charge is 0.378 e. The van der Waals surface area contributed by atoms with Crippen molar-refractivity contribution in [3.05, 3.63) is 30.3 Å². The van der Waals surface area contributed by atoms with Gasteiger partial charge in [0.15, 0.2) is 0 Å². The molecule has 6 heteroatoms. The van der Waals surface area contributed by atoms with Crippen LogP contribution in [0.3, 0.4) is 0 Å². The van der Waals surface area contributed by atoms with Crippen LogP contribution in [0.4, 0.5) is 0 Å². The van der Waals surface area contributed by atoms with Crippen LogP contribution in [0.5, 0.6) is 0 Å². The fourth-order valence-electron chi connectivity index (χ4n) is 4.24. The van der Waals surface area contributed by atoms with E-state index in [1.807, 2.05) is 6.07 Å². The second-order valence-corrected chi connectivity index (χ2v) is 10.9. The summed E-state index contributed by atoms with van der Waals surface area (Å²) in [5.41, 5.74) is 0. The van der Waals surface area contributed by atoms with Crippen LogP contribution in [0.1, 0.15) is 77.6 Å². The van der Waals surface area contributed by atoms with Crippen LogP contribution in [0.25, 0.3) is 0 Å². The molecule has 0 spiro atoms. The Morgan fingerprint density at radius 2 is 1.58 bits per heavy atom. The van der Waals surface area contributed by atoms with Gasteiger partial charge in [-0.1, -0.05) is 50.8 Å². The molecule has 0 saturated heterocycles. The zero-order valence-corrected chi connectivity index (χ0v) is 20.5. The number of ether oxygens (including phenoxy) is 1. The van der Waals surface area contributed by atoms with E-state index in [9.17, 15) is 8.42 Å². The summed E-state index contributed by atoms with van der Waals surface area (Å²) in [6.07, 6.45) is 13.4. The molecule has 31 heavy (non-hydrogen) atoms. The maximum Gasteiger partial charge on any atom is 0.240 e. The number of sulfonamides is 1. The van der Waals surface area contributed by atoms with Gasteiger partial charge in [0.2, 0.25) is 10.0 Å². The summed E-state index contributed by atoms with van der Waals surface area (Å²) in [6.45, 7) is 6.08. The van der Waals surface area contributed by atoms with Crippen molar-refractivity contribution in [3.63, 3.8) is 0 Å². The van der Waals surface area contributed by atoms with Crippen molar-refractivity contribution in [3.8, 4) is 0 Å². The first-order valence-corrected chi connectivity index (χ1v) is 13.8. The maximum atomic E-state index is 12.3. The Balaban J connectivity index is 1.47. The van der Waals surface area contributed by atoms with Gasteiger partial charge in [-0.15, -0.1) is 0 Å². The highest BCUT2D eigenvalue weighted by atomic mass is 32.2. The number of benzene rings is 1. The molecule has 0 heterocycles. The predicted molar refractivity (Wildman–Crippen MR) is 129 cm³/mol. The molecule has 0 bridgehead atoms. The van der Waals surface area contributed by atoms with Gasteiger partial charge in [-0.05, 0) is 83.1 Å². The van der Waals surface area contributed by atoms with Crippen LogP contribution in [-0.4, -0.2) is 52.7 Å². The van der Waals surface area contributed by atoms with E-state index in [-0.39, 0.29) is 0 Å². The Morgan fingerprint density at radius 3 is 2.26 bits per heavy atom. The predicted octanol–water partition coefficient (Wildman–Crippen LogP) is 5.22. The van der Waals surface area contributed by atoms with Gasteiger partial charge in [-0.2, -0.15) is 0 Å². The number of hydrogen-bond donors (Lipinski definition) is 1. The molecular formula is C25H44N2O3S. The summed E-state index contributed by atoms with van der Waals surface area (Å²) in [7, 11) is -1.16. The molecule has 1 saturated carbocycles. The van der Waals surface area contributed by atoms with Gasteiger partial charge in [0.05, 0.1) is 11.0 Å². The van der Waals surface area contributed by atoms with Crippen molar-refractivity contribution in [2.45, 2.75) is 88.6 Å². The van der Waals surface area contributed by atoms with Crippen LogP contribution in [-0.2, 0) is 14.8 Å². The summed E-state index contributed by atoms with van der Waals surface area (Å²) in [4.78, 5) is 2.81. The van der Waals surface area contributed by atoms with E-state index >= 15 is 0 Å². The first-order chi connectivity index (χ1) is 15.0. The normalized spacial score (nSPS) is 19.7. The third-order valence-corrected chi connectivity index (χ3v) is 7.78. The minimum absolute atomic E-state index is 0.343. The van der Waals surface area contributed by atoms with Crippen molar-refractivity contribution in [2.24, 2.45) is 5.92 Å². The summed E-state index contributed by atoms with van der Waals surface area (Å²) in [6, 6.07) is 8.61. The highest BCUT2D eigenvalue weighted by molar-refractivity contribution is 7.89. The Morgan fingerprint density at radius 1 is 0.935 bits per heavy atom. The van der Waals surface area contributed by atoms with Crippen LogP contribution in [0, 0.1) is 5.92 Å². The van der Waals surface area contributed by atoms with Gasteiger partial charge in [0.1, 0.15) is 0 Å². The molecule has 0 atom stereocenters. The molecular weight excluding hydrogens is 408 g/mol. The second kappa shape index (κ2) is 15.0. The van der Waals surface area contributed by atoms with Crippen LogP contribution in [0.15, 0.2) is 35.2 Å². The number of rotatable bonds is 16. The standard InChI is InChI=1S/C25H44N2O3S/c1-3-4-10-19-27(2)20-11-5-6-12-21-30-24-17-15-23(16-18-24)22-26-31(28,29)25-13-8-7-9-14-25/h7-9,13-14,23-24,26H,3-6,10-12,15-22H2,1-2H3. The smallest absolute Gasteiger partial charge is 0.240 e. The maximum absolute atomic E-state index is 12.3. The Kier molecular flexibility index (Phi) is 12.7. The summed E-state index contributed by atoms with van der Waals surface area (Å²) in [5, 5.41) is 0. The van der Waals surface area contributed by atoms with Gasteiger partial charge in [-0.3, -0.25) is 0 Å². The lowest BCUT2D eigenvalue weighted by molar-refractivity contribution is 0.0166. The van der Waals surface area contributed by atoms with Crippen LogP contribution >= 0.6 is 0 Å². The molecule has 178 valence electrons. The van der Waals surface area contributed by atoms with Gasteiger partial charge in [-0.25, -0.2) is 13.1 Å². The molecule has 5 nitrogen and oxygen atoms in total. The van der Waals surface area contributed by atoms with E-state index in [1.165, 1.54) is 51.6 Å². The van der Waals surface area contributed by atoms with Crippen molar-refractivity contribution in [2.75, 3.05) is 33.3 Å². The van der Waals surface area contributed by atoms with Crippen molar-refractivity contribution in [1.82, 2.24) is 9.62 Å². The van der Waals surface area contributed by atoms with E-state index in [2.05, 4.69) is 23.6 Å². The highest BCUT2D eigenvalue weighted by Gasteiger charge is 2.23. The lowest BCUT2D eigenvalue weighted by Gasteiger charge is -2.28. The average molecular weight is 453 g/mol. The quantitative estimate of drug-likeness (QED) is 0.349. The van der Waals surface area contributed by atoms with Crippen molar-refractivity contribution < 1.29 is 13.2 Å². The zero-order valence-electron chi connectivity index (χ0n) is 19.7. The SMILES string of the molecule is CCCCCN(C)CCCCCCOC1CCC(CNS(=O)(=O)c2ccccc2)CC1. The van der Waals surface area contributed by atoms with Crippen molar-refractivity contribution in [1.29, 1.82) is 0 Å². The Labute approximate surface area is 191 Å². The van der Waals surface area contributed by atoms with E-state index in [4.69, 9.17) is 4.74 Å². The lowest BCUT2D eigenvalue weighted by atomic mass is 9.87. The Bertz CT molecular complexity index is 673. The topological polar surface area (TPSA) is 58.6 Å². The summed E-state index contributed by atoms with van der Waals surface area (Å²) in [5.74, 6) is 0.410.